The lowest BCUT2D eigenvalue weighted by Crippen LogP contribution is -2.14. The van der Waals surface area contributed by atoms with Gasteiger partial charge in [0.2, 0.25) is 0 Å². The second-order valence-electron chi connectivity index (χ2n) is 4.35. The lowest BCUT2D eigenvalue weighted by Gasteiger charge is -2.08. The number of aryl methyl sites for hydroxylation is 1. The summed E-state index contributed by atoms with van der Waals surface area (Å²) in [6.07, 6.45) is 4.55. The van der Waals surface area contributed by atoms with E-state index in [0.717, 1.165) is 6.54 Å². The molecule has 17 heavy (non-hydrogen) atoms. The quantitative estimate of drug-likeness (QED) is 0.922. The SMILES string of the molecule is Cn1cc(-c2ccc(Br)s2)c(C2CCCN2)n1. The van der Waals surface area contributed by atoms with Gasteiger partial charge in [-0.3, -0.25) is 4.68 Å². The first-order valence-corrected chi connectivity index (χ1v) is 7.37. The Morgan fingerprint density at radius 1 is 1.53 bits per heavy atom. The molecule has 1 saturated heterocycles. The van der Waals surface area contributed by atoms with Crippen LogP contribution in [-0.4, -0.2) is 16.3 Å². The highest BCUT2D eigenvalue weighted by atomic mass is 79.9. The standard InChI is InChI=1S/C12H14BrN3S/c1-16-7-8(10-4-5-11(13)17-10)12(15-16)9-3-2-6-14-9/h4-5,7,9,14H,2-3,6H2,1H3. The summed E-state index contributed by atoms with van der Waals surface area (Å²) < 4.78 is 3.08. The molecule has 0 amide bonds. The molecule has 0 aliphatic carbocycles. The van der Waals surface area contributed by atoms with E-state index in [1.807, 2.05) is 11.7 Å². The molecule has 90 valence electrons. The van der Waals surface area contributed by atoms with Gasteiger partial charge in [0.05, 0.1) is 15.5 Å². The van der Waals surface area contributed by atoms with E-state index >= 15 is 0 Å². The Hall–Kier alpha value is -0.650. The van der Waals surface area contributed by atoms with Crippen LogP contribution in [0.4, 0.5) is 0 Å². The Balaban J connectivity index is 2.03. The van der Waals surface area contributed by atoms with Crippen molar-refractivity contribution < 1.29 is 0 Å². The monoisotopic (exact) mass is 311 g/mol. The molecule has 1 atom stereocenters. The van der Waals surface area contributed by atoms with Crippen LogP contribution >= 0.6 is 27.3 Å². The second kappa shape index (κ2) is 4.55. The average Bonchev–Trinajstić information content (AvgIpc) is 2.96. The molecule has 2 aromatic heterocycles. The highest BCUT2D eigenvalue weighted by molar-refractivity contribution is 9.11. The Morgan fingerprint density at radius 3 is 3.06 bits per heavy atom. The molecular weight excluding hydrogens is 298 g/mol. The van der Waals surface area contributed by atoms with E-state index in [2.05, 4.69) is 44.7 Å². The molecule has 1 aliphatic heterocycles. The average molecular weight is 312 g/mol. The minimum atomic E-state index is 0.423. The zero-order valence-electron chi connectivity index (χ0n) is 9.61. The summed E-state index contributed by atoms with van der Waals surface area (Å²) in [5, 5.41) is 8.14. The van der Waals surface area contributed by atoms with Gasteiger partial charge in [-0.25, -0.2) is 0 Å². The molecule has 3 heterocycles. The Kier molecular flexibility index (Phi) is 3.06. The Bertz CT molecular complexity index is 526. The number of aromatic nitrogens is 2. The molecule has 1 aliphatic rings. The molecule has 0 bridgehead atoms. The van der Waals surface area contributed by atoms with Crippen LogP contribution in [0.5, 0.6) is 0 Å². The molecule has 0 radical (unpaired) electrons. The third-order valence-corrected chi connectivity index (χ3v) is 4.74. The van der Waals surface area contributed by atoms with Crippen LogP contribution in [0.2, 0.25) is 0 Å². The van der Waals surface area contributed by atoms with Gasteiger partial charge in [-0.2, -0.15) is 5.10 Å². The first-order valence-electron chi connectivity index (χ1n) is 5.76. The molecule has 0 spiro atoms. The number of hydrogen-bond donors (Lipinski definition) is 1. The van der Waals surface area contributed by atoms with Crippen molar-refractivity contribution in [3.8, 4) is 10.4 Å². The van der Waals surface area contributed by atoms with E-state index in [9.17, 15) is 0 Å². The molecule has 3 rings (SSSR count). The molecule has 1 N–H and O–H groups in total. The van der Waals surface area contributed by atoms with Crippen LogP contribution in [0, 0.1) is 0 Å². The number of rotatable bonds is 2. The van der Waals surface area contributed by atoms with E-state index in [1.54, 1.807) is 11.3 Å². The van der Waals surface area contributed by atoms with Gasteiger partial charge in [0, 0.05) is 23.7 Å². The van der Waals surface area contributed by atoms with Crippen molar-refractivity contribution in [1.29, 1.82) is 0 Å². The van der Waals surface area contributed by atoms with Gasteiger partial charge in [-0.1, -0.05) is 0 Å². The zero-order valence-corrected chi connectivity index (χ0v) is 12.0. The summed E-state index contributed by atoms with van der Waals surface area (Å²) in [6, 6.07) is 4.68. The summed E-state index contributed by atoms with van der Waals surface area (Å²) in [7, 11) is 1.99. The number of nitrogens with one attached hydrogen (secondary N) is 1. The van der Waals surface area contributed by atoms with Crippen molar-refractivity contribution in [2.24, 2.45) is 7.05 Å². The molecule has 3 nitrogen and oxygen atoms in total. The van der Waals surface area contributed by atoms with Crippen molar-refractivity contribution in [3.05, 3.63) is 27.8 Å². The highest BCUT2D eigenvalue weighted by Crippen LogP contribution is 2.36. The summed E-state index contributed by atoms with van der Waals surface area (Å²) in [4.78, 5) is 1.29. The van der Waals surface area contributed by atoms with Gasteiger partial charge < -0.3 is 5.32 Å². The lowest BCUT2D eigenvalue weighted by atomic mass is 10.1. The largest absolute Gasteiger partial charge is 0.309 e. The fraction of sp³-hybridized carbons (Fsp3) is 0.417. The highest BCUT2D eigenvalue weighted by Gasteiger charge is 2.23. The normalized spacial score (nSPS) is 20.0. The van der Waals surface area contributed by atoms with Gasteiger partial charge >= 0.3 is 0 Å². The second-order valence-corrected chi connectivity index (χ2v) is 6.82. The van der Waals surface area contributed by atoms with E-state index in [1.165, 1.54) is 32.8 Å². The number of nitrogens with zero attached hydrogens (tertiary/aromatic N) is 2. The van der Waals surface area contributed by atoms with Gasteiger partial charge in [-0.05, 0) is 47.4 Å². The maximum Gasteiger partial charge on any atom is 0.0880 e. The summed E-state index contributed by atoms with van der Waals surface area (Å²) in [5.74, 6) is 0. The predicted molar refractivity (Wildman–Crippen MR) is 74.2 cm³/mol. The zero-order chi connectivity index (χ0) is 11.8. The van der Waals surface area contributed by atoms with Crippen molar-refractivity contribution in [3.63, 3.8) is 0 Å². The molecule has 5 heteroatoms. The molecule has 2 aromatic rings. The number of hydrogen-bond acceptors (Lipinski definition) is 3. The maximum absolute atomic E-state index is 4.62. The first-order chi connectivity index (χ1) is 8.24. The van der Waals surface area contributed by atoms with E-state index in [0.29, 0.717) is 6.04 Å². The summed E-state index contributed by atoms with van der Waals surface area (Å²) >= 11 is 5.28. The molecule has 1 unspecified atom stereocenters. The summed E-state index contributed by atoms with van der Waals surface area (Å²) in [5.41, 5.74) is 2.46. The van der Waals surface area contributed by atoms with Crippen LogP contribution in [0.25, 0.3) is 10.4 Å². The number of halogens is 1. The van der Waals surface area contributed by atoms with Crippen molar-refractivity contribution in [2.75, 3.05) is 6.54 Å². The van der Waals surface area contributed by atoms with Gasteiger partial charge in [0.1, 0.15) is 0 Å². The minimum Gasteiger partial charge on any atom is -0.309 e. The van der Waals surface area contributed by atoms with Crippen LogP contribution in [0.1, 0.15) is 24.6 Å². The Labute approximate surface area is 113 Å². The lowest BCUT2D eigenvalue weighted by molar-refractivity contribution is 0.608. The molecule has 0 aromatic carbocycles. The Morgan fingerprint density at radius 2 is 2.41 bits per heavy atom. The van der Waals surface area contributed by atoms with Crippen LogP contribution in [0.3, 0.4) is 0 Å². The van der Waals surface area contributed by atoms with Crippen LogP contribution in [-0.2, 0) is 7.05 Å². The summed E-state index contributed by atoms with van der Waals surface area (Å²) in [6.45, 7) is 1.11. The first kappa shape index (κ1) is 11.4. The smallest absolute Gasteiger partial charge is 0.0880 e. The topological polar surface area (TPSA) is 29.9 Å². The fourth-order valence-corrected chi connectivity index (χ4v) is 3.73. The molecule has 1 fully saturated rings. The van der Waals surface area contributed by atoms with Gasteiger partial charge in [0.15, 0.2) is 0 Å². The fourth-order valence-electron chi connectivity index (χ4n) is 2.33. The van der Waals surface area contributed by atoms with Gasteiger partial charge in [-0.15, -0.1) is 11.3 Å². The van der Waals surface area contributed by atoms with E-state index in [-0.39, 0.29) is 0 Å². The van der Waals surface area contributed by atoms with Crippen molar-refractivity contribution >= 4 is 27.3 Å². The van der Waals surface area contributed by atoms with Crippen LogP contribution in [0.15, 0.2) is 22.1 Å². The molecule has 0 saturated carbocycles. The van der Waals surface area contributed by atoms with E-state index in [4.69, 9.17) is 0 Å². The molecular formula is C12H14BrN3S. The minimum absolute atomic E-state index is 0.423. The van der Waals surface area contributed by atoms with Gasteiger partial charge in [0.25, 0.3) is 0 Å². The van der Waals surface area contributed by atoms with E-state index < -0.39 is 0 Å². The van der Waals surface area contributed by atoms with Crippen molar-refractivity contribution in [2.45, 2.75) is 18.9 Å². The number of thiophene rings is 1. The van der Waals surface area contributed by atoms with Crippen LogP contribution < -0.4 is 5.32 Å². The maximum atomic E-state index is 4.62. The third kappa shape index (κ3) is 2.19. The predicted octanol–water partition coefficient (Wildman–Crippen LogP) is 3.34. The third-order valence-electron chi connectivity index (χ3n) is 3.09. The van der Waals surface area contributed by atoms with Crippen molar-refractivity contribution in [1.82, 2.24) is 15.1 Å².